The normalized spacial score (nSPS) is 15.5. The van der Waals surface area contributed by atoms with Crippen molar-refractivity contribution in [2.75, 3.05) is 18.4 Å². The summed E-state index contributed by atoms with van der Waals surface area (Å²) in [5.41, 5.74) is 6.11. The Morgan fingerprint density at radius 1 is 1.15 bits per heavy atom. The van der Waals surface area contributed by atoms with Crippen molar-refractivity contribution in [1.82, 2.24) is 4.72 Å². The van der Waals surface area contributed by atoms with Gasteiger partial charge in [-0.3, -0.25) is 4.79 Å². The lowest BCUT2D eigenvalue weighted by atomic mass is 9.95. The molecule has 0 unspecified atom stereocenters. The molecular formula is C18H20ClN3O3S. The van der Waals surface area contributed by atoms with Crippen molar-refractivity contribution in [3.05, 3.63) is 59.1 Å². The van der Waals surface area contributed by atoms with E-state index in [0.717, 1.165) is 18.4 Å². The van der Waals surface area contributed by atoms with Crippen molar-refractivity contribution in [1.29, 1.82) is 0 Å². The predicted octanol–water partition coefficient (Wildman–Crippen LogP) is 2.25. The van der Waals surface area contributed by atoms with Crippen LogP contribution < -0.4 is 15.8 Å². The Hall–Kier alpha value is -1.93. The number of hydrogen-bond donors (Lipinski definition) is 3. The number of anilines is 1. The monoisotopic (exact) mass is 393 g/mol. The third-order valence-corrected chi connectivity index (χ3v) is 6.13. The highest BCUT2D eigenvalue weighted by atomic mass is 35.5. The van der Waals surface area contributed by atoms with Crippen LogP contribution in [0.1, 0.15) is 18.4 Å². The smallest absolute Gasteiger partial charge is 0.240 e. The summed E-state index contributed by atoms with van der Waals surface area (Å²) in [5.74, 6) is -0.149. The van der Waals surface area contributed by atoms with E-state index in [1.165, 1.54) is 12.1 Å². The summed E-state index contributed by atoms with van der Waals surface area (Å²) < 4.78 is 26.8. The van der Waals surface area contributed by atoms with E-state index in [4.69, 9.17) is 17.3 Å². The molecule has 0 atom stereocenters. The number of amides is 1. The fraction of sp³-hybridized carbons (Fsp3) is 0.278. The number of halogens is 1. The summed E-state index contributed by atoms with van der Waals surface area (Å²) in [7, 11) is -3.65. The van der Waals surface area contributed by atoms with E-state index in [1.54, 1.807) is 24.3 Å². The van der Waals surface area contributed by atoms with Crippen molar-refractivity contribution >= 4 is 33.2 Å². The van der Waals surface area contributed by atoms with Crippen LogP contribution in [-0.2, 0) is 20.2 Å². The lowest BCUT2D eigenvalue weighted by Gasteiger charge is -2.16. The van der Waals surface area contributed by atoms with Crippen molar-refractivity contribution < 1.29 is 13.2 Å². The molecule has 0 aliphatic heterocycles. The van der Waals surface area contributed by atoms with Gasteiger partial charge in [0.2, 0.25) is 15.9 Å². The van der Waals surface area contributed by atoms with Crippen molar-refractivity contribution in [3.8, 4) is 0 Å². The molecule has 0 saturated heterocycles. The summed E-state index contributed by atoms with van der Waals surface area (Å²) in [6.45, 7) is 0.359. The maximum absolute atomic E-state index is 12.8. The zero-order valence-electron chi connectivity index (χ0n) is 14.0. The summed E-state index contributed by atoms with van der Waals surface area (Å²) >= 11 is 5.92. The second kappa shape index (κ2) is 7.36. The molecule has 2 aromatic carbocycles. The second-order valence-electron chi connectivity index (χ2n) is 6.26. The lowest BCUT2D eigenvalue weighted by molar-refractivity contribution is -0.118. The highest BCUT2D eigenvalue weighted by molar-refractivity contribution is 7.89. The number of benzene rings is 2. The molecule has 0 bridgehead atoms. The highest BCUT2D eigenvalue weighted by Gasteiger charge is 2.51. The topological polar surface area (TPSA) is 101 Å². The van der Waals surface area contributed by atoms with Gasteiger partial charge in [0.05, 0.1) is 10.3 Å². The molecule has 6 nitrogen and oxygen atoms in total. The van der Waals surface area contributed by atoms with Gasteiger partial charge in [0.15, 0.2) is 0 Å². The van der Waals surface area contributed by atoms with Gasteiger partial charge in [-0.25, -0.2) is 13.1 Å². The second-order valence-corrected chi connectivity index (χ2v) is 8.46. The van der Waals surface area contributed by atoms with Crippen LogP contribution in [0.15, 0.2) is 53.4 Å². The Morgan fingerprint density at radius 3 is 2.46 bits per heavy atom. The Kier molecular flexibility index (Phi) is 5.34. The molecule has 8 heteroatoms. The lowest BCUT2D eigenvalue weighted by Crippen LogP contribution is -2.30. The van der Waals surface area contributed by atoms with Crippen molar-refractivity contribution in [2.24, 2.45) is 5.73 Å². The summed E-state index contributed by atoms with van der Waals surface area (Å²) in [6.07, 6.45) is 1.49. The number of carbonyl (C=O) groups excluding carboxylic acids is 1. The molecule has 1 fully saturated rings. The van der Waals surface area contributed by atoms with Crippen LogP contribution >= 0.6 is 11.6 Å². The van der Waals surface area contributed by atoms with Gasteiger partial charge in [-0.05, 0) is 48.7 Å². The number of sulfonamides is 1. The van der Waals surface area contributed by atoms with E-state index in [1.807, 2.05) is 12.1 Å². The zero-order valence-corrected chi connectivity index (χ0v) is 15.6. The maximum atomic E-state index is 12.8. The number of carbonyl (C=O) groups is 1. The fourth-order valence-corrected chi connectivity index (χ4v) is 4.03. The third-order valence-electron chi connectivity index (χ3n) is 4.42. The van der Waals surface area contributed by atoms with E-state index in [0.29, 0.717) is 10.7 Å². The first-order valence-corrected chi connectivity index (χ1v) is 10.1. The Morgan fingerprint density at radius 2 is 1.85 bits per heavy atom. The first-order valence-electron chi connectivity index (χ1n) is 8.25. The number of hydrogen-bond acceptors (Lipinski definition) is 4. The molecular weight excluding hydrogens is 374 g/mol. The van der Waals surface area contributed by atoms with Crippen LogP contribution in [0.25, 0.3) is 0 Å². The molecule has 3 rings (SSSR count). The molecule has 0 spiro atoms. The molecule has 2 aromatic rings. The summed E-state index contributed by atoms with van der Waals surface area (Å²) in [6, 6.07) is 13.4. The van der Waals surface area contributed by atoms with E-state index in [-0.39, 0.29) is 23.9 Å². The molecule has 0 aromatic heterocycles. The van der Waals surface area contributed by atoms with Gasteiger partial charge in [-0.1, -0.05) is 29.8 Å². The first-order chi connectivity index (χ1) is 12.4. The van der Waals surface area contributed by atoms with Gasteiger partial charge in [0.1, 0.15) is 0 Å². The Balaban J connectivity index is 1.78. The van der Waals surface area contributed by atoms with Crippen LogP contribution in [0.2, 0.25) is 5.02 Å². The van der Waals surface area contributed by atoms with Crippen LogP contribution in [0.3, 0.4) is 0 Å². The van der Waals surface area contributed by atoms with Gasteiger partial charge in [0, 0.05) is 23.8 Å². The van der Waals surface area contributed by atoms with E-state index >= 15 is 0 Å². The molecule has 1 saturated carbocycles. The number of nitrogens with two attached hydrogens (primary N) is 1. The molecule has 1 amide bonds. The van der Waals surface area contributed by atoms with Crippen molar-refractivity contribution in [3.63, 3.8) is 0 Å². The predicted molar refractivity (Wildman–Crippen MR) is 102 cm³/mol. The zero-order chi connectivity index (χ0) is 18.8. The fourth-order valence-electron chi connectivity index (χ4n) is 2.81. The van der Waals surface area contributed by atoms with E-state index in [9.17, 15) is 13.2 Å². The maximum Gasteiger partial charge on any atom is 0.240 e. The summed E-state index contributed by atoms with van der Waals surface area (Å²) in [4.78, 5) is 12.9. The van der Waals surface area contributed by atoms with Gasteiger partial charge >= 0.3 is 0 Å². The van der Waals surface area contributed by atoms with Gasteiger partial charge < -0.3 is 11.1 Å². The standard InChI is InChI=1S/C18H20ClN3O3S/c19-14-6-4-13(5-7-14)18(8-9-18)17(23)22-15-2-1-3-16(12-15)26(24,25)21-11-10-20/h1-7,12,21H,8-11,20H2,(H,22,23). The number of nitrogens with one attached hydrogen (secondary N) is 2. The molecule has 0 heterocycles. The van der Waals surface area contributed by atoms with Crippen molar-refractivity contribution in [2.45, 2.75) is 23.2 Å². The largest absolute Gasteiger partial charge is 0.329 e. The minimum atomic E-state index is -3.65. The van der Waals surface area contributed by atoms with Gasteiger partial charge in [-0.2, -0.15) is 0 Å². The van der Waals surface area contributed by atoms with Crippen LogP contribution in [0, 0.1) is 0 Å². The van der Waals surface area contributed by atoms with Crippen LogP contribution in [0.5, 0.6) is 0 Å². The average Bonchev–Trinajstić information content (AvgIpc) is 3.43. The van der Waals surface area contributed by atoms with Gasteiger partial charge in [0.25, 0.3) is 0 Å². The van der Waals surface area contributed by atoms with E-state index in [2.05, 4.69) is 10.0 Å². The molecule has 26 heavy (non-hydrogen) atoms. The Bertz CT molecular complexity index is 910. The minimum Gasteiger partial charge on any atom is -0.329 e. The Labute approximate surface area is 157 Å². The van der Waals surface area contributed by atoms with E-state index < -0.39 is 15.4 Å². The first kappa shape index (κ1) is 18.8. The molecule has 0 radical (unpaired) electrons. The molecule has 1 aliphatic carbocycles. The highest BCUT2D eigenvalue weighted by Crippen LogP contribution is 2.49. The minimum absolute atomic E-state index is 0.0834. The van der Waals surface area contributed by atoms with Gasteiger partial charge in [-0.15, -0.1) is 0 Å². The van der Waals surface area contributed by atoms with Crippen LogP contribution in [0.4, 0.5) is 5.69 Å². The number of rotatable bonds is 7. The third kappa shape index (κ3) is 3.91. The average molecular weight is 394 g/mol. The quantitative estimate of drug-likeness (QED) is 0.671. The molecule has 138 valence electrons. The molecule has 4 N–H and O–H groups in total. The molecule has 1 aliphatic rings. The van der Waals surface area contributed by atoms with Crippen LogP contribution in [-0.4, -0.2) is 27.4 Å². The SMILES string of the molecule is NCCNS(=O)(=O)c1cccc(NC(=O)C2(c3ccc(Cl)cc3)CC2)c1. The summed E-state index contributed by atoms with van der Waals surface area (Å²) in [5, 5.41) is 3.46.